The Labute approximate surface area is 167 Å². The Balaban J connectivity index is 1.65. The van der Waals surface area contributed by atoms with Gasteiger partial charge in [-0.1, -0.05) is 6.07 Å². The first-order valence-electron chi connectivity index (χ1n) is 8.91. The van der Waals surface area contributed by atoms with Crippen LogP contribution in [0.5, 0.6) is 0 Å². The van der Waals surface area contributed by atoms with E-state index in [1.54, 1.807) is 47.5 Å². The highest BCUT2D eigenvalue weighted by Crippen LogP contribution is 2.09. The van der Waals surface area contributed by atoms with Gasteiger partial charge < -0.3 is 10.6 Å². The van der Waals surface area contributed by atoms with E-state index in [-0.39, 0.29) is 29.9 Å². The maximum absolute atomic E-state index is 12.4. The molecule has 0 aliphatic rings. The molecule has 0 saturated carbocycles. The van der Waals surface area contributed by atoms with E-state index >= 15 is 0 Å². The Kier molecular flexibility index (Phi) is 5.94. The lowest BCUT2D eigenvalue weighted by Gasteiger charge is -2.08. The molecule has 9 heteroatoms. The fourth-order valence-electron chi connectivity index (χ4n) is 2.50. The van der Waals surface area contributed by atoms with Crippen molar-refractivity contribution in [3.63, 3.8) is 0 Å². The van der Waals surface area contributed by atoms with E-state index in [0.29, 0.717) is 11.3 Å². The number of carbonyl (C=O) groups excluding carboxylic acids is 2. The highest BCUT2D eigenvalue weighted by Gasteiger charge is 2.13. The normalized spacial score (nSPS) is 10.4. The molecule has 0 aliphatic carbocycles. The predicted molar refractivity (Wildman–Crippen MR) is 104 cm³/mol. The minimum atomic E-state index is -0.398. The number of nitriles is 1. The quantitative estimate of drug-likeness (QED) is 0.660. The fraction of sp³-hybridized carbons (Fsp3) is 0.200. The maximum atomic E-state index is 12.4. The van der Waals surface area contributed by atoms with Gasteiger partial charge >= 0.3 is 0 Å². The number of hydrogen-bond acceptors (Lipinski definition) is 6. The number of carbonyl (C=O) groups is 2. The van der Waals surface area contributed by atoms with Crippen molar-refractivity contribution in [2.75, 3.05) is 0 Å². The Morgan fingerprint density at radius 2 is 1.93 bits per heavy atom. The van der Waals surface area contributed by atoms with Crippen LogP contribution in [0.1, 0.15) is 46.0 Å². The molecule has 2 N–H and O–H groups in total. The summed E-state index contributed by atoms with van der Waals surface area (Å²) in [6.45, 7) is 3.93. The number of pyridine rings is 2. The van der Waals surface area contributed by atoms with Crippen LogP contribution in [-0.2, 0) is 6.54 Å². The molecule has 0 spiro atoms. The molecule has 0 unspecified atom stereocenters. The summed E-state index contributed by atoms with van der Waals surface area (Å²) < 4.78 is 1.57. The third-order valence-corrected chi connectivity index (χ3v) is 3.84. The van der Waals surface area contributed by atoms with Gasteiger partial charge in [-0.05, 0) is 32.0 Å². The average Bonchev–Trinajstić information content (AvgIpc) is 3.21. The summed E-state index contributed by atoms with van der Waals surface area (Å²) in [5.41, 5.74) is 2.17. The van der Waals surface area contributed by atoms with Gasteiger partial charge in [0.25, 0.3) is 11.8 Å². The molecule has 3 aromatic heterocycles. The van der Waals surface area contributed by atoms with Crippen molar-refractivity contribution in [3.05, 3.63) is 71.6 Å². The fourth-order valence-corrected chi connectivity index (χ4v) is 2.50. The molecule has 0 bridgehead atoms. The molecule has 3 heterocycles. The number of amides is 2. The molecule has 9 nitrogen and oxygen atoms in total. The van der Waals surface area contributed by atoms with E-state index in [0.717, 1.165) is 5.56 Å². The Bertz CT molecular complexity index is 1080. The highest BCUT2D eigenvalue weighted by molar-refractivity contribution is 5.96. The number of hydrogen-bond donors (Lipinski definition) is 2. The van der Waals surface area contributed by atoms with Gasteiger partial charge in [0.2, 0.25) is 0 Å². The first kappa shape index (κ1) is 19.7. The third kappa shape index (κ3) is 5.01. The molecule has 29 heavy (non-hydrogen) atoms. The second kappa shape index (κ2) is 8.75. The average molecular weight is 389 g/mol. The van der Waals surface area contributed by atoms with Gasteiger partial charge in [0.1, 0.15) is 17.5 Å². The van der Waals surface area contributed by atoms with Crippen molar-refractivity contribution in [1.82, 2.24) is 30.4 Å². The van der Waals surface area contributed by atoms with Gasteiger partial charge in [0, 0.05) is 30.5 Å². The van der Waals surface area contributed by atoms with Crippen LogP contribution < -0.4 is 10.6 Å². The monoisotopic (exact) mass is 389 g/mol. The van der Waals surface area contributed by atoms with Crippen molar-refractivity contribution in [3.8, 4) is 11.8 Å². The lowest BCUT2D eigenvalue weighted by molar-refractivity contribution is 0.0936. The van der Waals surface area contributed by atoms with Gasteiger partial charge in [-0.15, -0.1) is 0 Å². The maximum Gasteiger partial charge on any atom is 0.270 e. The lowest BCUT2D eigenvalue weighted by Crippen LogP contribution is -2.31. The van der Waals surface area contributed by atoms with Gasteiger partial charge in [0.05, 0.1) is 23.6 Å². The topological polar surface area (TPSA) is 126 Å². The molecule has 0 aromatic carbocycles. The highest BCUT2D eigenvalue weighted by atomic mass is 16.2. The molecule has 0 radical (unpaired) electrons. The smallest absolute Gasteiger partial charge is 0.270 e. The zero-order chi connectivity index (χ0) is 20.8. The van der Waals surface area contributed by atoms with Crippen LogP contribution in [0.15, 0.2) is 49.1 Å². The van der Waals surface area contributed by atoms with Crippen molar-refractivity contribution < 1.29 is 9.59 Å². The second-order valence-electron chi connectivity index (χ2n) is 6.56. The van der Waals surface area contributed by atoms with Gasteiger partial charge in [-0.2, -0.15) is 10.4 Å². The summed E-state index contributed by atoms with van der Waals surface area (Å²) in [5.74, 6) is -0.728. The van der Waals surface area contributed by atoms with Crippen LogP contribution >= 0.6 is 0 Å². The summed E-state index contributed by atoms with van der Waals surface area (Å²) in [5, 5.41) is 18.7. The van der Waals surface area contributed by atoms with Crippen LogP contribution in [0.2, 0.25) is 0 Å². The van der Waals surface area contributed by atoms with Gasteiger partial charge in [-0.3, -0.25) is 14.6 Å². The number of nitrogens with one attached hydrogen (secondary N) is 2. The zero-order valence-corrected chi connectivity index (χ0v) is 16.0. The molecule has 0 atom stereocenters. The molecule has 2 amide bonds. The van der Waals surface area contributed by atoms with Crippen LogP contribution in [0.25, 0.3) is 5.69 Å². The summed E-state index contributed by atoms with van der Waals surface area (Å²) in [6.07, 6.45) is 6.40. The number of aromatic nitrogens is 4. The minimum Gasteiger partial charge on any atom is -0.349 e. The first-order valence-corrected chi connectivity index (χ1v) is 8.91. The van der Waals surface area contributed by atoms with Crippen LogP contribution in [0.3, 0.4) is 0 Å². The number of rotatable bonds is 6. The van der Waals surface area contributed by atoms with Crippen LogP contribution in [0.4, 0.5) is 0 Å². The molecule has 146 valence electrons. The molecule has 0 fully saturated rings. The van der Waals surface area contributed by atoms with E-state index in [1.807, 2.05) is 19.9 Å². The van der Waals surface area contributed by atoms with E-state index in [1.165, 1.54) is 6.20 Å². The van der Waals surface area contributed by atoms with E-state index in [4.69, 9.17) is 5.26 Å². The Hall–Kier alpha value is -4.06. The van der Waals surface area contributed by atoms with Crippen LogP contribution in [0, 0.1) is 11.3 Å². The first-order chi connectivity index (χ1) is 14.0. The SMILES string of the molecule is CC(C)NC(=O)c1cccc(C(=O)NCc2cnn(-c3cncc(C#N)c3)c2)n1. The van der Waals surface area contributed by atoms with E-state index < -0.39 is 5.91 Å². The summed E-state index contributed by atoms with van der Waals surface area (Å²) >= 11 is 0. The van der Waals surface area contributed by atoms with Crippen molar-refractivity contribution in [2.24, 2.45) is 0 Å². The van der Waals surface area contributed by atoms with Gasteiger partial charge in [-0.25, -0.2) is 9.67 Å². The molecular weight excluding hydrogens is 370 g/mol. The summed E-state index contributed by atoms with van der Waals surface area (Å²) in [7, 11) is 0. The zero-order valence-electron chi connectivity index (χ0n) is 16.0. The van der Waals surface area contributed by atoms with Crippen LogP contribution in [-0.4, -0.2) is 37.6 Å². The number of nitrogens with zero attached hydrogens (tertiary/aromatic N) is 5. The molecular formula is C20H19N7O2. The molecule has 3 aromatic rings. The van der Waals surface area contributed by atoms with Gasteiger partial charge in [0.15, 0.2) is 0 Å². The summed E-state index contributed by atoms with van der Waals surface area (Å²) in [4.78, 5) is 32.6. The van der Waals surface area contributed by atoms with Crippen molar-refractivity contribution >= 4 is 11.8 Å². The second-order valence-corrected chi connectivity index (χ2v) is 6.56. The third-order valence-electron chi connectivity index (χ3n) is 3.84. The minimum absolute atomic E-state index is 0.0256. The van der Waals surface area contributed by atoms with E-state index in [2.05, 4.69) is 25.7 Å². The predicted octanol–water partition coefficient (Wildman–Crippen LogP) is 1.60. The largest absolute Gasteiger partial charge is 0.349 e. The molecule has 0 aliphatic heterocycles. The van der Waals surface area contributed by atoms with Crippen molar-refractivity contribution in [1.29, 1.82) is 5.26 Å². The Morgan fingerprint density at radius 3 is 2.66 bits per heavy atom. The van der Waals surface area contributed by atoms with Crippen molar-refractivity contribution in [2.45, 2.75) is 26.4 Å². The Morgan fingerprint density at radius 1 is 1.17 bits per heavy atom. The standard InChI is InChI=1S/C20H19N7O2/c1-13(2)25-20(29)18-5-3-4-17(26-18)19(28)23-9-15-10-24-27(12-15)16-6-14(7-21)8-22-11-16/h3-6,8,10-13H,9H2,1-2H3,(H,23,28)(H,25,29). The lowest BCUT2D eigenvalue weighted by atomic mass is 10.2. The summed E-state index contributed by atoms with van der Waals surface area (Å²) in [6, 6.07) is 8.39. The molecule has 3 rings (SSSR count). The van der Waals surface area contributed by atoms with E-state index in [9.17, 15) is 9.59 Å². The molecule has 0 saturated heterocycles.